The maximum atomic E-state index is 13.9. The molecule has 0 aromatic heterocycles. The van der Waals surface area contributed by atoms with Crippen molar-refractivity contribution < 1.29 is 62.6 Å². The van der Waals surface area contributed by atoms with Crippen LogP contribution in [0.5, 0.6) is 0 Å². The lowest BCUT2D eigenvalue weighted by Gasteiger charge is -2.65. The number of hydrogen-bond donors (Lipinski definition) is 2. The summed E-state index contributed by atoms with van der Waals surface area (Å²) in [6.45, 7) is 10.8. The topological polar surface area (TPSA) is 181 Å². The van der Waals surface area contributed by atoms with Gasteiger partial charge in [-0.2, -0.15) is 0 Å². The van der Waals surface area contributed by atoms with Crippen LogP contribution < -0.4 is 0 Å². The summed E-state index contributed by atoms with van der Waals surface area (Å²) >= 11 is 0. The van der Waals surface area contributed by atoms with E-state index in [1.54, 1.807) is 32.0 Å². The molecule has 262 valence electrons. The van der Waals surface area contributed by atoms with Gasteiger partial charge in [-0.3, -0.25) is 19.2 Å². The summed E-state index contributed by atoms with van der Waals surface area (Å²) in [5, 5.41) is 23.9. The molecule has 3 aliphatic carbocycles. The molecule has 48 heavy (non-hydrogen) atoms. The first-order valence-corrected chi connectivity index (χ1v) is 16.0. The summed E-state index contributed by atoms with van der Waals surface area (Å²) in [7, 11) is 0. The number of rotatable bonds is 7. The highest BCUT2D eigenvalue weighted by Gasteiger charge is 2.80. The third kappa shape index (κ3) is 5.39. The van der Waals surface area contributed by atoms with E-state index in [4.69, 9.17) is 28.4 Å². The Kier molecular flexibility index (Phi) is 9.07. The van der Waals surface area contributed by atoms with E-state index < -0.39 is 94.4 Å². The van der Waals surface area contributed by atoms with E-state index in [-0.39, 0.29) is 30.6 Å². The van der Waals surface area contributed by atoms with Crippen LogP contribution in [0.4, 0.5) is 0 Å². The molecule has 1 aromatic rings. The zero-order valence-electron chi connectivity index (χ0n) is 28.4. The average molecular weight is 673 g/mol. The third-order valence-electron chi connectivity index (χ3n) is 10.8. The van der Waals surface area contributed by atoms with Crippen molar-refractivity contribution in [2.45, 2.75) is 116 Å². The summed E-state index contributed by atoms with van der Waals surface area (Å²) in [6, 6.07) is 8.08. The van der Waals surface area contributed by atoms with E-state index in [9.17, 15) is 34.2 Å². The number of aliphatic hydroxyl groups is 2. The SMILES string of the molecule is CC(=O)O[C@@H]1C[C@H]2OC[C@@]2(OC(C)=O)[C@H]2[C@H](OC(C)=O)[C@]3(C(C)(C)O)C[C@H](O)C(C)=C3[C@@H](OC(=O)c3ccccc3)[C@H](OC(C)=O)[C@]21C. The van der Waals surface area contributed by atoms with Crippen LogP contribution in [0.25, 0.3) is 0 Å². The van der Waals surface area contributed by atoms with Crippen molar-refractivity contribution >= 4 is 29.8 Å². The van der Waals surface area contributed by atoms with Gasteiger partial charge in [0.05, 0.1) is 40.6 Å². The van der Waals surface area contributed by atoms with E-state index in [2.05, 4.69) is 0 Å². The highest BCUT2D eigenvalue weighted by molar-refractivity contribution is 5.89. The lowest BCUT2D eigenvalue weighted by molar-refractivity contribution is -0.352. The molecule has 3 fully saturated rings. The predicted octanol–water partition coefficient (Wildman–Crippen LogP) is 2.59. The van der Waals surface area contributed by atoms with E-state index in [1.807, 2.05) is 0 Å². The number of hydrogen-bond acceptors (Lipinski definition) is 13. The second-order valence-corrected chi connectivity index (χ2v) is 14.1. The van der Waals surface area contributed by atoms with Crippen molar-refractivity contribution in [2.24, 2.45) is 16.7 Å². The number of carbonyl (C=O) groups excluding carboxylic acids is 5. The fraction of sp³-hybridized carbons (Fsp3) is 0.629. The highest BCUT2D eigenvalue weighted by Crippen LogP contribution is 2.68. The number of esters is 5. The van der Waals surface area contributed by atoms with E-state index in [0.717, 1.165) is 6.92 Å². The van der Waals surface area contributed by atoms with E-state index in [0.29, 0.717) is 5.57 Å². The zero-order valence-corrected chi connectivity index (χ0v) is 28.4. The van der Waals surface area contributed by atoms with Gasteiger partial charge >= 0.3 is 29.8 Å². The van der Waals surface area contributed by atoms with Crippen LogP contribution in [0.1, 0.15) is 78.6 Å². The molecule has 0 radical (unpaired) electrons. The van der Waals surface area contributed by atoms with Crippen LogP contribution in [0.2, 0.25) is 0 Å². The number of aliphatic hydroxyl groups excluding tert-OH is 1. The van der Waals surface area contributed by atoms with Crippen molar-refractivity contribution in [3.63, 3.8) is 0 Å². The second kappa shape index (κ2) is 12.3. The van der Waals surface area contributed by atoms with Gasteiger partial charge in [0.2, 0.25) is 0 Å². The quantitative estimate of drug-likeness (QED) is 0.245. The molecule has 1 aliphatic heterocycles. The Labute approximate surface area is 278 Å². The molecule has 2 N–H and O–H groups in total. The Balaban J connectivity index is 1.93. The minimum Gasteiger partial charge on any atom is -0.462 e. The third-order valence-corrected chi connectivity index (χ3v) is 10.8. The molecule has 4 aliphatic rings. The standard InChI is InChI=1S/C35H44O13/c1-17-23(40)15-34(32(6,7)42)26(17)27(47-31(41)22-12-10-9-11-13-22)29(45-19(3)37)33(8)24(44-18(2)36)14-25-35(16-43-25,48-21(5)39)28(33)30(34)46-20(4)38/h9-13,23-25,27-30,40,42H,14-16H2,1-8H3/t23-,24+,25+,27+,28-,29-,30-,33-,34-,35-/m0/s1. The lowest BCUT2D eigenvalue weighted by Crippen LogP contribution is -2.79. The summed E-state index contributed by atoms with van der Waals surface area (Å²) in [5.41, 5.74) is -6.14. The molecule has 13 heteroatoms. The molecular formula is C35H44O13. The summed E-state index contributed by atoms with van der Waals surface area (Å²) in [6.07, 6.45) is -7.94. The molecule has 0 unspecified atom stereocenters. The molecule has 2 saturated carbocycles. The van der Waals surface area contributed by atoms with Crippen LogP contribution in [0, 0.1) is 16.7 Å². The number of carbonyl (C=O) groups is 5. The molecular weight excluding hydrogens is 628 g/mol. The highest BCUT2D eigenvalue weighted by atomic mass is 16.6. The fourth-order valence-electron chi connectivity index (χ4n) is 8.97. The first-order chi connectivity index (χ1) is 22.3. The second-order valence-electron chi connectivity index (χ2n) is 14.1. The Morgan fingerprint density at radius 3 is 1.96 bits per heavy atom. The van der Waals surface area contributed by atoms with Gasteiger partial charge in [-0.15, -0.1) is 0 Å². The van der Waals surface area contributed by atoms with Crippen molar-refractivity contribution in [2.75, 3.05) is 6.61 Å². The predicted molar refractivity (Wildman–Crippen MR) is 165 cm³/mol. The first kappa shape index (κ1) is 35.5. The Morgan fingerprint density at radius 2 is 1.46 bits per heavy atom. The van der Waals surface area contributed by atoms with Gasteiger partial charge in [0, 0.05) is 34.1 Å². The largest absolute Gasteiger partial charge is 0.462 e. The maximum absolute atomic E-state index is 13.9. The maximum Gasteiger partial charge on any atom is 0.338 e. The molecule has 0 spiro atoms. The molecule has 1 aromatic carbocycles. The molecule has 5 rings (SSSR count). The Bertz CT molecular complexity index is 1530. The summed E-state index contributed by atoms with van der Waals surface area (Å²) in [4.78, 5) is 65.7. The van der Waals surface area contributed by atoms with Gasteiger partial charge < -0.3 is 38.6 Å². The van der Waals surface area contributed by atoms with Crippen molar-refractivity contribution in [3.8, 4) is 0 Å². The Morgan fingerprint density at radius 1 is 0.875 bits per heavy atom. The van der Waals surface area contributed by atoms with E-state index in [1.165, 1.54) is 46.8 Å². The van der Waals surface area contributed by atoms with Crippen molar-refractivity contribution in [3.05, 3.63) is 47.0 Å². The zero-order chi connectivity index (χ0) is 35.6. The van der Waals surface area contributed by atoms with Gasteiger partial charge in [-0.05, 0) is 50.5 Å². The molecule has 1 saturated heterocycles. The van der Waals surface area contributed by atoms with Crippen molar-refractivity contribution in [1.29, 1.82) is 0 Å². The molecule has 0 amide bonds. The summed E-state index contributed by atoms with van der Waals surface area (Å²) in [5.74, 6) is -4.96. The number of ether oxygens (including phenoxy) is 6. The van der Waals surface area contributed by atoms with Crippen LogP contribution in [-0.4, -0.2) is 94.5 Å². The smallest absolute Gasteiger partial charge is 0.338 e. The number of benzene rings is 1. The molecule has 13 nitrogen and oxygen atoms in total. The number of fused-ring (bicyclic) bond motifs is 4. The molecule has 0 bridgehead atoms. The minimum atomic E-state index is -1.84. The van der Waals surface area contributed by atoms with Crippen LogP contribution >= 0.6 is 0 Å². The van der Waals surface area contributed by atoms with Gasteiger partial charge in [0.25, 0.3) is 0 Å². The van der Waals surface area contributed by atoms with Gasteiger partial charge in [-0.25, -0.2) is 4.79 Å². The van der Waals surface area contributed by atoms with Gasteiger partial charge in [0.1, 0.15) is 18.3 Å². The van der Waals surface area contributed by atoms with Crippen LogP contribution in [-0.2, 0) is 47.6 Å². The van der Waals surface area contributed by atoms with E-state index >= 15 is 0 Å². The first-order valence-electron chi connectivity index (χ1n) is 16.0. The molecule has 10 atom stereocenters. The minimum absolute atomic E-state index is 0.0278. The van der Waals surface area contributed by atoms with Crippen LogP contribution in [0.15, 0.2) is 41.5 Å². The Hall–Kier alpha value is -3.81. The van der Waals surface area contributed by atoms with Gasteiger partial charge in [0.15, 0.2) is 17.8 Å². The van der Waals surface area contributed by atoms with Crippen molar-refractivity contribution in [1.82, 2.24) is 0 Å². The normalized spacial score (nSPS) is 37.0. The fourth-order valence-corrected chi connectivity index (χ4v) is 8.97. The average Bonchev–Trinajstić information content (AvgIpc) is 3.21. The summed E-state index contributed by atoms with van der Waals surface area (Å²) < 4.78 is 36.7. The monoisotopic (exact) mass is 672 g/mol. The molecule has 1 heterocycles. The van der Waals surface area contributed by atoms with Gasteiger partial charge in [-0.1, -0.05) is 25.1 Å². The lowest BCUT2D eigenvalue weighted by atomic mass is 9.49. The van der Waals surface area contributed by atoms with Crippen LogP contribution in [0.3, 0.4) is 0 Å².